The molecule has 3 heterocycles. The lowest BCUT2D eigenvalue weighted by atomic mass is 10.2. The molecule has 8 nitrogen and oxygen atoms in total. The highest BCUT2D eigenvalue weighted by Crippen LogP contribution is 2.26. The molecule has 0 bridgehead atoms. The number of benzene rings is 2. The van der Waals surface area contributed by atoms with E-state index < -0.39 is 9.84 Å². The van der Waals surface area contributed by atoms with E-state index in [1.807, 2.05) is 35.1 Å². The van der Waals surface area contributed by atoms with E-state index in [2.05, 4.69) is 20.7 Å². The molecule has 0 unspecified atom stereocenters. The Labute approximate surface area is 179 Å². The van der Waals surface area contributed by atoms with Gasteiger partial charge in [-0.2, -0.15) is 0 Å². The van der Waals surface area contributed by atoms with Gasteiger partial charge in [0.05, 0.1) is 21.7 Å². The van der Waals surface area contributed by atoms with Gasteiger partial charge in [-0.05, 0) is 36.4 Å². The topological polar surface area (TPSA) is 91.6 Å². The standard InChI is InChI=1S/C22H20N6O2S/c1-27-15-16(13-25-27)20-14-24-22-21(23-11-12-28(20)22)26-17-7-9-19(10-8-17)31(29,30)18-5-3-2-4-6-18/h2-12,14-15,25H,13H2,1H3,(H,23,26). The maximum atomic E-state index is 12.8. The molecule has 156 valence electrons. The number of sulfone groups is 1. The highest BCUT2D eigenvalue weighted by Gasteiger charge is 2.18. The fourth-order valence-electron chi connectivity index (χ4n) is 3.53. The summed E-state index contributed by atoms with van der Waals surface area (Å²) in [5.74, 6) is 0.590. The molecular weight excluding hydrogens is 412 g/mol. The lowest BCUT2D eigenvalue weighted by molar-refractivity contribution is 0.374. The number of aromatic nitrogens is 3. The number of hydrogen-bond acceptors (Lipinski definition) is 7. The number of rotatable bonds is 5. The predicted molar refractivity (Wildman–Crippen MR) is 118 cm³/mol. The maximum Gasteiger partial charge on any atom is 0.206 e. The van der Waals surface area contributed by atoms with Crippen molar-refractivity contribution in [2.24, 2.45) is 0 Å². The SMILES string of the molecule is CN1C=C(c2cnc3c(Nc4ccc(S(=O)(=O)c5ccccc5)cc4)nccn23)CN1. The molecule has 1 aliphatic heterocycles. The Morgan fingerprint density at radius 3 is 2.45 bits per heavy atom. The van der Waals surface area contributed by atoms with Crippen LogP contribution < -0.4 is 10.7 Å². The number of hydrazine groups is 1. The van der Waals surface area contributed by atoms with Gasteiger partial charge in [-0.25, -0.2) is 23.8 Å². The van der Waals surface area contributed by atoms with E-state index in [1.54, 1.807) is 60.8 Å². The van der Waals surface area contributed by atoms with E-state index in [0.29, 0.717) is 11.5 Å². The number of nitrogens with zero attached hydrogens (tertiary/aromatic N) is 4. The van der Waals surface area contributed by atoms with E-state index in [0.717, 1.165) is 23.5 Å². The Morgan fingerprint density at radius 1 is 1.00 bits per heavy atom. The molecule has 0 fully saturated rings. The number of imidazole rings is 1. The third-order valence-corrected chi connectivity index (χ3v) is 6.89. The van der Waals surface area contributed by atoms with Crippen LogP contribution in [0.2, 0.25) is 0 Å². The number of anilines is 2. The molecule has 31 heavy (non-hydrogen) atoms. The predicted octanol–water partition coefficient (Wildman–Crippen LogP) is 3.10. The van der Waals surface area contributed by atoms with Gasteiger partial charge in [0, 0.05) is 43.4 Å². The Morgan fingerprint density at radius 2 is 1.74 bits per heavy atom. The summed E-state index contributed by atoms with van der Waals surface area (Å²) in [6.45, 7) is 0.729. The first-order valence-electron chi connectivity index (χ1n) is 9.69. The normalized spacial score (nSPS) is 14.1. The first-order valence-corrected chi connectivity index (χ1v) is 11.2. The molecule has 2 N–H and O–H groups in total. The maximum absolute atomic E-state index is 12.8. The van der Waals surface area contributed by atoms with Crippen molar-refractivity contribution in [3.8, 4) is 0 Å². The zero-order valence-corrected chi connectivity index (χ0v) is 17.5. The van der Waals surface area contributed by atoms with Crippen molar-refractivity contribution in [1.82, 2.24) is 24.8 Å². The van der Waals surface area contributed by atoms with Crippen molar-refractivity contribution in [3.05, 3.63) is 85.1 Å². The summed E-state index contributed by atoms with van der Waals surface area (Å²) in [5.41, 5.74) is 6.75. The minimum atomic E-state index is -3.55. The Balaban J connectivity index is 1.43. The minimum Gasteiger partial charge on any atom is -0.337 e. The van der Waals surface area contributed by atoms with Crippen molar-refractivity contribution in [3.63, 3.8) is 0 Å². The zero-order valence-electron chi connectivity index (χ0n) is 16.7. The van der Waals surface area contributed by atoms with E-state index >= 15 is 0 Å². The molecule has 5 rings (SSSR count). The third kappa shape index (κ3) is 3.54. The van der Waals surface area contributed by atoms with Gasteiger partial charge in [-0.3, -0.25) is 4.40 Å². The lowest BCUT2D eigenvalue weighted by Gasteiger charge is -2.09. The van der Waals surface area contributed by atoms with E-state index in [1.165, 1.54) is 0 Å². The summed E-state index contributed by atoms with van der Waals surface area (Å²) in [6.07, 6.45) is 7.44. The van der Waals surface area contributed by atoms with Crippen LogP contribution in [-0.4, -0.2) is 41.4 Å². The van der Waals surface area contributed by atoms with E-state index in [-0.39, 0.29) is 9.79 Å². The Kier molecular flexibility index (Phi) is 4.68. The monoisotopic (exact) mass is 432 g/mol. The summed E-state index contributed by atoms with van der Waals surface area (Å²) in [5, 5.41) is 5.16. The zero-order chi connectivity index (χ0) is 21.4. The molecule has 0 radical (unpaired) electrons. The van der Waals surface area contributed by atoms with Crippen LogP contribution >= 0.6 is 0 Å². The van der Waals surface area contributed by atoms with Gasteiger partial charge in [-0.1, -0.05) is 18.2 Å². The van der Waals surface area contributed by atoms with Gasteiger partial charge in [0.15, 0.2) is 11.5 Å². The highest BCUT2D eigenvalue weighted by atomic mass is 32.2. The van der Waals surface area contributed by atoms with Crippen molar-refractivity contribution >= 4 is 32.6 Å². The van der Waals surface area contributed by atoms with Crippen LogP contribution in [0.1, 0.15) is 5.69 Å². The molecule has 0 amide bonds. The number of nitrogens with one attached hydrogen (secondary N) is 2. The first kappa shape index (κ1) is 19.3. The lowest BCUT2D eigenvalue weighted by Crippen LogP contribution is -2.23. The van der Waals surface area contributed by atoms with Crippen molar-refractivity contribution in [2.45, 2.75) is 9.79 Å². The van der Waals surface area contributed by atoms with Gasteiger partial charge in [0.2, 0.25) is 9.84 Å². The second-order valence-electron chi connectivity index (χ2n) is 7.18. The van der Waals surface area contributed by atoms with Crippen LogP contribution in [0.15, 0.2) is 89.2 Å². The van der Waals surface area contributed by atoms with Crippen LogP contribution in [0.25, 0.3) is 11.2 Å². The average molecular weight is 433 g/mol. The van der Waals surface area contributed by atoms with Gasteiger partial charge >= 0.3 is 0 Å². The van der Waals surface area contributed by atoms with Crippen LogP contribution in [-0.2, 0) is 9.84 Å². The van der Waals surface area contributed by atoms with Crippen molar-refractivity contribution in [2.75, 3.05) is 18.9 Å². The molecule has 0 aliphatic carbocycles. The quantitative estimate of drug-likeness (QED) is 0.501. The fourth-order valence-corrected chi connectivity index (χ4v) is 4.81. The van der Waals surface area contributed by atoms with Crippen LogP contribution in [0, 0.1) is 0 Å². The molecule has 0 saturated carbocycles. The molecular formula is C22H20N6O2S. The van der Waals surface area contributed by atoms with Crippen LogP contribution in [0.5, 0.6) is 0 Å². The smallest absolute Gasteiger partial charge is 0.206 e. The summed E-state index contributed by atoms with van der Waals surface area (Å²) in [4.78, 5) is 9.46. The van der Waals surface area contributed by atoms with Gasteiger partial charge in [-0.15, -0.1) is 0 Å². The van der Waals surface area contributed by atoms with Gasteiger partial charge in [0.1, 0.15) is 0 Å². The molecule has 4 aromatic rings. The van der Waals surface area contributed by atoms with Crippen LogP contribution in [0.3, 0.4) is 0 Å². The number of fused-ring (bicyclic) bond motifs is 1. The molecule has 2 aromatic carbocycles. The second-order valence-corrected chi connectivity index (χ2v) is 9.13. The summed E-state index contributed by atoms with van der Waals surface area (Å²) >= 11 is 0. The summed E-state index contributed by atoms with van der Waals surface area (Å²) < 4.78 is 27.5. The second kappa shape index (κ2) is 7.53. The third-order valence-electron chi connectivity index (χ3n) is 5.11. The van der Waals surface area contributed by atoms with E-state index in [9.17, 15) is 8.42 Å². The minimum absolute atomic E-state index is 0.239. The van der Waals surface area contributed by atoms with Gasteiger partial charge in [0.25, 0.3) is 0 Å². The molecule has 2 aromatic heterocycles. The molecule has 0 atom stereocenters. The Bertz CT molecular complexity index is 1380. The fraction of sp³-hybridized carbons (Fsp3) is 0.0909. The van der Waals surface area contributed by atoms with Gasteiger partial charge < -0.3 is 10.3 Å². The molecule has 9 heteroatoms. The molecule has 0 spiro atoms. The van der Waals surface area contributed by atoms with E-state index in [4.69, 9.17) is 0 Å². The first-order chi connectivity index (χ1) is 15.0. The summed E-state index contributed by atoms with van der Waals surface area (Å²) in [7, 11) is -1.60. The number of hydrogen-bond donors (Lipinski definition) is 2. The molecule has 0 saturated heterocycles. The van der Waals surface area contributed by atoms with Crippen molar-refractivity contribution in [1.29, 1.82) is 0 Å². The highest BCUT2D eigenvalue weighted by molar-refractivity contribution is 7.91. The molecule has 1 aliphatic rings. The summed E-state index contributed by atoms with van der Waals surface area (Å²) in [6, 6.07) is 15.0. The Hall–Kier alpha value is -3.69. The largest absolute Gasteiger partial charge is 0.337 e. The average Bonchev–Trinajstić information content (AvgIpc) is 3.41. The van der Waals surface area contributed by atoms with Crippen LogP contribution in [0.4, 0.5) is 11.5 Å². The van der Waals surface area contributed by atoms with Crippen molar-refractivity contribution < 1.29 is 8.42 Å².